The zero-order valence-electron chi connectivity index (χ0n) is 40.0. The second-order valence-corrected chi connectivity index (χ2v) is 19.2. The van der Waals surface area contributed by atoms with E-state index < -0.39 is 17.3 Å². The Balaban J connectivity index is 0.000000237. The summed E-state index contributed by atoms with van der Waals surface area (Å²) in [4.78, 5) is 3.18. The molecular formula is C54H45F3N6O6S3. The van der Waals surface area contributed by atoms with E-state index in [0.29, 0.717) is 58.6 Å². The Morgan fingerprint density at radius 1 is 0.403 bits per heavy atom. The number of nitriles is 6. The number of benzene rings is 6. The fraction of sp³-hybridized carbons (Fsp3) is 0.222. The van der Waals surface area contributed by atoms with Crippen molar-refractivity contribution in [3.05, 3.63) is 142 Å². The molecule has 72 heavy (non-hydrogen) atoms. The molecule has 0 unspecified atom stereocenters. The summed E-state index contributed by atoms with van der Waals surface area (Å²) in [6.45, 7) is 14.8. The molecule has 0 aliphatic carbocycles. The number of phenols is 2. The van der Waals surface area contributed by atoms with Gasteiger partial charge in [-0.05, 0) is 128 Å². The molecule has 0 spiro atoms. The molecule has 6 rings (SSSR count). The van der Waals surface area contributed by atoms with Crippen LogP contribution in [0.5, 0.6) is 34.5 Å². The summed E-state index contributed by atoms with van der Waals surface area (Å²) < 4.78 is 62.3. The number of nitrogens with zero attached hydrogens (tertiary/aromatic N) is 6. The number of ether oxygens (including phenoxy) is 4. The molecule has 0 aliphatic rings. The van der Waals surface area contributed by atoms with E-state index in [2.05, 4.69) is 24.3 Å². The van der Waals surface area contributed by atoms with Crippen LogP contribution >= 0.6 is 35.3 Å². The van der Waals surface area contributed by atoms with Gasteiger partial charge in [-0.3, -0.25) is 0 Å². The Bertz CT molecular complexity index is 3000. The normalized spacial score (nSPS) is 10.3. The minimum atomic E-state index is -0.573. The molecule has 0 saturated heterocycles. The van der Waals surface area contributed by atoms with Crippen LogP contribution < -0.4 is 18.9 Å². The third-order valence-electron chi connectivity index (χ3n) is 8.86. The van der Waals surface area contributed by atoms with Crippen LogP contribution in [0.25, 0.3) is 0 Å². The SMILES string of the molecule is CC(C)Oc1cc(C#N)c(Sc2ccc(F)cc2)c(C#N)c1OC(C)C.CC(C)Oc1cc(C#N)c(Sc2ccc(F)cc2)c(C#N)c1OC(C)C.N#Cc1cc(O)c(O)c(C#N)c1Sc1ccc(F)cc1. The number of phenolic OH excluding ortho intramolecular Hbond substituents is 2. The summed E-state index contributed by atoms with van der Waals surface area (Å²) in [5.74, 6) is -0.823. The van der Waals surface area contributed by atoms with Crippen LogP contribution in [-0.4, -0.2) is 34.6 Å². The first-order valence-corrected chi connectivity index (χ1v) is 24.1. The maximum absolute atomic E-state index is 13.1. The predicted molar refractivity (Wildman–Crippen MR) is 266 cm³/mol. The van der Waals surface area contributed by atoms with Crippen molar-refractivity contribution in [2.75, 3.05) is 0 Å². The fourth-order valence-corrected chi connectivity index (χ4v) is 8.90. The molecular weight excluding hydrogens is 982 g/mol. The molecule has 0 fully saturated rings. The molecule has 0 atom stereocenters. The van der Waals surface area contributed by atoms with E-state index in [1.165, 1.54) is 72.1 Å². The van der Waals surface area contributed by atoms with Gasteiger partial charge in [0.05, 0.1) is 55.8 Å². The highest BCUT2D eigenvalue weighted by atomic mass is 32.2. The number of rotatable bonds is 14. The molecule has 6 aromatic rings. The summed E-state index contributed by atoms with van der Waals surface area (Å²) in [5.41, 5.74) is 0.970. The molecule has 18 heteroatoms. The quantitative estimate of drug-likeness (QED) is 0.0969. The average molecular weight is 1030 g/mol. The van der Waals surface area contributed by atoms with Gasteiger partial charge in [-0.25, -0.2) is 13.2 Å². The van der Waals surface area contributed by atoms with Crippen molar-refractivity contribution >= 4 is 35.3 Å². The number of halogens is 3. The minimum Gasteiger partial charge on any atom is -0.504 e. The van der Waals surface area contributed by atoms with Crippen LogP contribution in [0.15, 0.2) is 120 Å². The monoisotopic (exact) mass is 1030 g/mol. The first kappa shape index (κ1) is 56.5. The van der Waals surface area contributed by atoms with Crippen molar-refractivity contribution < 1.29 is 42.3 Å². The summed E-state index contributed by atoms with van der Waals surface area (Å²) >= 11 is 3.48. The zero-order valence-corrected chi connectivity index (χ0v) is 42.5. The first-order chi connectivity index (χ1) is 34.3. The Hall–Kier alpha value is -8.10. The lowest BCUT2D eigenvalue weighted by Crippen LogP contribution is -2.13. The molecule has 366 valence electrons. The highest BCUT2D eigenvalue weighted by molar-refractivity contribution is 8.00. The summed E-state index contributed by atoms with van der Waals surface area (Å²) in [6, 6.07) is 33.6. The second kappa shape index (κ2) is 26.8. The second-order valence-electron chi connectivity index (χ2n) is 15.9. The standard InChI is InChI=1S/2C20H19FN2O2S.C14H7FN2O2S/c2*1-12(2)24-18-9-14(10-22)20(17(11-23)19(18)25-13(3)4)26-16-7-5-15(21)6-8-16;15-9-1-3-10(4-2-9)20-14-8(6-16)5-12(18)13(19)11(14)7-17/h2*5-9,12-13H,1-4H3;1-5,18-19H. The van der Waals surface area contributed by atoms with Gasteiger partial charge in [-0.15, -0.1) is 0 Å². The lowest BCUT2D eigenvalue weighted by atomic mass is 10.1. The van der Waals surface area contributed by atoms with Crippen molar-refractivity contribution in [2.45, 2.75) is 109 Å². The van der Waals surface area contributed by atoms with E-state index in [0.717, 1.165) is 17.8 Å². The van der Waals surface area contributed by atoms with E-state index in [1.807, 2.05) is 61.5 Å². The summed E-state index contributed by atoms with van der Waals surface area (Å²) in [6.07, 6.45) is -0.627. The highest BCUT2D eigenvalue weighted by Gasteiger charge is 2.25. The van der Waals surface area contributed by atoms with Gasteiger partial charge in [0.25, 0.3) is 0 Å². The Labute approximate surface area is 429 Å². The van der Waals surface area contributed by atoms with Crippen molar-refractivity contribution in [3.63, 3.8) is 0 Å². The predicted octanol–water partition coefficient (Wildman–Crippen LogP) is 13.7. The van der Waals surface area contributed by atoms with Crippen molar-refractivity contribution in [3.8, 4) is 70.9 Å². The van der Waals surface area contributed by atoms with Crippen LogP contribution in [0.1, 0.15) is 88.8 Å². The van der Waals surface area contributed by atoms with E-state index in [4.69, 9.17) is 29.5 Å². The van der Waals surface area contributed by atoms with Crippen LogP contribution in [0, 0.1) is 85.4 Å². The Morgan fingerprint density at radius 2 is 0.681 bits per heavy atom. The van der Waals surface area contributed by atoms with Crippen molar-refractivity contribution in [1.82, 2.24) is 0 Å². The van der Waals surface area contributed by atoms with E-state index in [-0.39, 0.29) is 63.2 Å². The molecule has 0 saturated carbocycles. The van der Waals surface area contributed by atoms with E-state index >= 15 is 0 Å². The smallest absolute Gasteiger partial charge is 0.180 e. The fourth-order valence-electron chi connectivity index (χ4n) is 6.01. The number of hydrogen-bond acceptors (Lipinski definition) is 15. The lowest BCUT2D eigenvalue weighted by molar-refractivity contribution is 0.197. The third-order valence-corrected chi connectivity index (χ3v) is 12.3. The van der Waals surface area contributed by atoms with Gasteiger partial charge in [0.1, 0.15) is 70.6 Å². The third kappa shape index (κ3) is 15.4. The number of aromatic hydroxyl groups is 2. The molecule has 0 radical (unpaired) electrons. The molecule has 6 aromatic carbocycles. The van der Waals surface area contributed by atoms with Crippen LogP contribution in [0.2, 0.25) is 0 Å². The largest absolute Gasteiger partial charge is 0.504 e. The van der Waals surface area contributed by atoms with Crippen molar-refractivity contribution in [1.29, 1.82) is 31.6 Å². The molecule has 0 aromatic heterocycles. The molecule has 12 nitrogen and oxygen atoms in total. The van der Waals surface area contributed by atoms with Crippen LogP contribution in [0.3, 0.4) is 0 Å². The molecule has 0 amide bonds. The van der Waals surface area contributed by atoms with Gasteiger partial charge < -0.3 is 29.2 Å². The maximum Gasteiger partial charge on any atom is 0.180 e. The minimum absolute atomic E-state index is 0.0613. The maximum atomic E-state index is 13.1. The Kier molecular flexibility index (Phi) is 21.0. The Morgan fingerprint density at radius 3 is 0.944 bits per heavy atom. The summed E-state index contributed by atoms with van der Waals surface area (Å²) in [5, 5.41) is 75.9. The van der Waals surface area contributed by atoms with Gasteiger partial charge in [0, 0.05) is 32.9 Å². The van der Waals surface area contributed by atoms with Gasteiger partial charge in [0.2, 0.25) is 0 Å². The average Bonchev–Trinajstić information content (AvgIpc) is 3.33. The van der Waals surface area contributed by atoms with Crippen molar-refractivity contribution in [2.24, 2.45) is 0 Å². The lowest BCUT2D eigenvalue weighted by Gasteiger charge is -2.20. The van der Waals surface area contributed by atoms with E-state index in [1.54, 1.807) is 42.5 Å². The van der Waals surface area contributed by atoms with Gasteiger partial charge in [0.15, 0.2) is 34.5 Å². The zero-order chi connectivity index (χ0) is 53.2. The number of hydrogen-bond donors (Lipinski definition) is 2. The van der Waals surface area contributed by atoms with Crippen LogP contribution in [-0.2, 0) is 0 Å². The first-order valence-electron chi connectivity index (χ1n) is 21.7. The topological polar surface area (TPSA) is 220 Å². The van der Waals surface area contributed by atoms with Crippen LogP contribution in [0.4, 0.5) is 13.2 Å². The highest BCUT2D eigenvalue weighted by Crippen LogP contribution is 2.46. The summed E-state index contributed by atoms with van der Waals surface area (Å²) in [7, 11) is 0. The molecule has 0 aliphatic heterocycles. The van der Waals surface area contributed by atoms with Gasteiger partial charge in [-0.1, -0.05) is 35.3 Å². The van der Waals surface area contributed by atoms with Gasteiger partial charge >= 0.3 is 0 Å². The molecule has 2 N–H and O–H groups in total. The van der Waals surface area contributed by atoms with Gasteiger partial charge in [-0.2, -0.15) is 31.6 Å². The molecule has 0 heterocycles. The van der Waals surface area contributed by atoms with E-state index in [9.17, 15) is 44.4 Å². The molecule has 0 bridgehead atoms.